The molecule has 1 fully saturated rings. The van der Waals surface area contributed by atoms with Crippen LogP contribution in [0.2, 0.25) is 0 Å². The number of amides is 1. The van der Waals surface area contributed by atoms with Crippen molar-refractivity contribution in [3.8, 4) is 11.5 Å². The largest absolute Gasteiger partial charge is 0.457 e. The molecule has 1 aliphatic heterocycles. The molecule has 4 aromatic rings. The number of benzene rings is 3. The fraction of sp³-hybridized carbons (Fsp3) is 0.167. The van der Waals surface area contributed by atoms with E-state index in [1.165, 1.54) is 4.70 Å². The van der Waals surface area contributed by atoms with Gasteiger partial charge in [0.2, 0.25) is 0 Å². The fourth-order valence-corrected chi connectivity index (χ4v) is 4.90. The molecule has 5 heteroatoms. The van der Waals surface area contributed by atoms with Gasteiger partial charge in [0.15, 0.2) is 0 Å². The number of likely N-dealkylation sites (tertiary alicyclic amines) is 1. The first kappa shape index (κ1) is 17.9. The molecule has 0 aliphatic carbocycles. The Morgan fingerprint density at radius 2 is 1.76 bits per heavy atom. The van der Waals surface area contributed by atoms with Crippen LogP contribution in [-0.2, 0) is 0 Å². The van der Waals surface area contributed by atoms with E-state index in [1.54, 1.807) is 11.3 Å². The van der Waals surface area contributed by atoms with Gasteiger partial charge in [-0.05, 0) is 55.3 Å². The number of carbonyl (C=O) groups excluding carboxylic acids is 1. The lowest BCUT2D eigenvalue weighted by Gasteiger charge is -2.23. The fourth-order valence-electron chi connectivity index (χ4n) is 3.78. The lowest BCUT2D eigenvalue weighted by molar-refractivity contribution is 0.0735. The summed E-state index contributed by atoms with van der Waals surface area (Å²) in [6, 6.07) is 25.2. The molecule has 0 N–H and O–H groups in total. The topological polar surface area (TPSA) is 42.4 Å². The molecule has 1 aliphatic rings. The average Bonchev–Trinajstić information content (AvgIpc) is 3.41. The number of carbonyl (C=O) groups is 1. The molecule has 3 aromatic carbocycles. The lowest BCUT2D eigenvalue weighted by atomic mass is 10.1. The number of para-hydroxylation sites is 2. The normalized spacial score (nSPS) is 16.3. The van der Waals surface area contributed by atoms with Crippen molar-refractivity contribution in [1.29, 1.82) is 0 Å². The third-order valence-corrected chi connectivity index (χ3v) is 6.31. The van der Waals surface area contributed by atoms with Crippen molar-refractivity contribution in [1.82, 2.24) is 9.88 Å². The van der Waals surface area contributed by atoms with Crippen LogP contribution in [0.15, 0.2) is 78.9 Å². The minimum absolute atomic E-state index is 0.0327. The van der Waals surface area contributed by atoms with E-state index in [0.717, 1.165) is 35.7 Å². The molecule has 0 bridgehead atoms. The Morgan fingerprint density at radius 3 is 2.62 bits per heavy atom. The molecular weight excluding hydrogens is 380 g/mol. The van der Waals surface area contributed by atoms with Gasteiger partial charge in [0.05, 0.1) is 16.3 Å². The van der Waals surface area contributed by atoms with Crippen LogP contribution in [0.25, 0.3) is 10.2 Å². The standard InChI is InChI=1S/C24H20N2O2S/c27-24(17-8-6-11-19(16-17)28-18-9-2-1-3-10-18)26-15-7-13-21(26)23-25-20-12-4-5-14-22(20)29-23/h1-6,8-12,14,16,21H,7,13,15H2. The SMILES string of the molecule is O=C(c1cccc(Oc2ccccc2)c1)N1CCCC1c1nc2ccccc2s1. The molecular formula is C24H20N2O2S. The van der Waals surface area contributed by atoms with Crippen LogP contribution in [0.3, 0.4) is 0 Å². The quantitative estimate of drug-likeness (QED) is 0.418. The Hall–Kier alpha value is -3.18. The zero-order chi connectivity index (χ0) is 19.6. The first-order chi connectivity index (χ1) is 14.3. The summed E-state index contributed by atoms with van der Waals surface area (Å²) in [4.78, 5) is 20.0. The van der Waals surface area contributed by atoms with Crippen LogP contribution < -0.4 is 4.74 Å². The number of fused-ring (bicyclic) bond motifs is 1. The van der Waals surface area contributed by atoms with E-state index in [9.17, 15) is 4.79 Å². The predicted molar refractivity (Wildman–Crippen MR) is 116 cm³/mol. The lowest BCUT2D eigenvalue weighted by Crippen LogP contribution is -2.30. The van der Waals surface area contributed by atoms with Crippen LogP contribution in [0, 0.1) is 0 Å². The maximum atomic E-state index is 13.3. The number of ether oxygens (including phenoxy) is 1. The second-order valence-electron chi connectivity index (χ2n) is 7.12. The number of hydrogen-bond acceptors (Lipinski definition) is 4. The van der Waals surface area contributed by atoms with Gasteiger partial charge in [0.25, 0.3) is 5.91 Å². The molecule has 1 unspecified atom stereocenters. The van der Waals surface area contributed by atoms with Crippen LogP contribution in [0.4, 0.5) is 0 Å². The van der Waals surface area contributed by atoms with Gasteiger partial charge in [0, 0.05) is 12.1 Å². The van der Waals surface area contributed by atoms with Crippen LogP contribution >= 0.6 is 11.3 Å². The summed E-state index contributed by atoms with van der Waals surface area (Å²) in [6.07, 6.45) is 1.94. The van der Waals surface area contributed by atoms with E-state index >= 15 is 0 Å². The van der Waals surface area contributed by atoms with Crippen molar-refractivity contribution in [2.24, 2.45) is 0 Å². The molecule has 1 saturated heterocycles. The number of thiazole rings is 1. The highest BCUT2D eigenvalue weighted by atomic mass is 32.1. The van der Waals surface area contributed by atoms with Crippen molar-refractivity contribution in [3.63, 3.8) is 0 Å². The Bertz CT molecular complexity index is 1120. The van der Waals surface area contributed by atoms with Gasteiger partial charge in [-0.25, -0.2) is 4.98 Å². The highest BCUT2D eigenvalue weighted by Gasteiger charge is 2.32. The van der Waals surface area contributed by atoms with Crippen LogP contribution in [0.5, 0.6) is 11.5 Å². The molecule has 0 radical (unpaired) electrons. The number of aromatic nitrogens is 1. The Kier molecular flexibility index (Phi) is 4.74. The summed E-state index contributed by atoms with van der Waals surface area (Å²) in [6.45, 7) is 0.753. The molecule has 0 spiro atoms. The van der Waals surface area contributed by atoms with Gasteiger partial charge < -0.3 is 9.64 Å². The van der Waals surface area contributed by atoms with Crippen molar-refractivity contribution in [2.45, 2.75) is 18.9 Å². The van der Waals surface area contributed by atoms with Crippen molar-refractivity contribution in [2.75, 3.05) is 6.54 Å². The second-order valence-corrected chi connectivity index (χ2v) is 8.18. The highest BCUT2D eigenvalue weighted by Crippen LogP contribution is 2.37. The van der Waals surface area contributed by atoms with Gasteiger partial charge in [0.1, 0.15) is 16.5 Å². The Labute approximate surface area is 173 Å². The minimum Gasteiger partial charge on any atom is -0.457 e. The van der Waals surface area contributed by atoms with Crippen LogP contribution in [-0.4, -0.2) is 22.3 Å². The van der Waals surface area contributed by atoms with Gasteiger partial charge >= 0.3 is 0 Å². The van der Waals surface area contributed by atoms with Crippen molar-refractivity contribution in [3.05, 3.63) is 89.4 Å². The number of rotatable bonds is 4. The molecule has 1 atom stereocenters. The molecule has 1 amide bonds. The van der Waals surface area contributed by atoms with E-state index < -0.39 is 0 Å². The molecule has 5 rings (SSSR count). The third-order valence-electron chi connectivity index (χ3n) is 5.17. The van der Waals surface area contributed by atoms with E-state index in [2.05, 4.69) is 6.07 Å². The maximum absolute atomic E-state index is 13.3. The van der Waals surface area contributed by atoms with Crippen molar-refractivity contribution >= 4 is 27.5 Å². The summed E-state index contributed by atoms with van der Waals surface area (Å²) in [5.41, 5.74) is 1.65. The summed E-state index contributed by atoms with van der Waals surface area (Å²) in [5.74, 6) is 1.45. The molecule has 29 heavy (non-hydrogen) atoms. The zero-order valence-corrected chi connectivity index (χ0v) is 16.6. The third kappa shape index (κ3) is 3.61. The summed E-state index contributed by atoms with van der Waals surface area (Å²) in [7, 11) is 0. The molecule has 0 saturated carbocycles. The van der Waals surface area contributed by atoms with Gasteiger partial charge in [-0.2, -0.15) is 0 Å². The van der Waals surface area contributed by atoms with Crippen LogP contribution in [0.1, 0.15) is 34.2 Å². The molecule has 1 aromatic heterocycles. The van der Waals surface area contributed by atoms with Gasteiger partial charge in [-0.15, -0.1) is 11.3 Å². The molecule has 2 heterocycles. The number of hydrogen-bond donors (Lipinski definition) is 0. The predicted octanol–water partition coefficient (Wildman–Crippen LogP) is 6.07. The van der Waals surface area contributed by atoms with E-state index in [0.29, 0.717) is 11.3 Å². The monoisotopic (exact) mass is 400 g/mol. The summed E-state index contributed by atoms with van der Waals surface area (Å²) < 4.78 is 7.07. The number of nitrogens with zero attached hydrogens (tertiary/aromatic N) is 2. The summed E-state index contributed by atoms with van der Waals surface area (Å²) in [5, 5.41) is 1.02. The second kappa shape index (κ2) is 7.68. The van der Waals surface area contributed by atoms with Gasteiger partial charge in [-0.1, -0.05) is 36.4 Å². The van der Waals surface area contributed by atoms with E-state index in [1.807, 2.05) is 77.7 Å². The average molecular weight is 401 g/mol. The smallest absolute Gasteiger partial charge is 0.254 e. The first-order valence-corrected chi connectivity index (χ1v) is 10.6. The first-order valence-electron chi connectivity index (χ1n) is 9.77. The highest BCUT2D eigenvalue weighted by molar-refractivity contribution is 7.18. The van der Waals surface area contributed by atoms with Crippen molar-refractivity contribution < 1.29 is 9.53 Å². The summed E-state index contributed by atoms with van der Waals surface area (Å²) >= 11 is 1.69. The Balaban J connectivity index is 1.40. The van der Waals surface area contributed by atoms with Gasteiger partial charge in [-0.3, -0.25) is 4.79 Å². The van der Waals surface area contributed by atoms with E-state index in [-0.39, 0.29) is 11.9 Å². The minimum atomic E-state index is 0.0327. The Morgan fingerprint density at radius 1 is 0.966 bits per heavy atom. The zero-order valence-electron chi connectivity index (χ0n) is 15.8. The molecule has 4 nitrogen and oxygen atoms in total. The molecule has 144 valence electrons. The maximum Gasteiger partial charge on any atom is 0.254 e. The van der Waals surface area contributed by atoms with E-state index in [4.69, 9.17) is 9.72 Å².